The van der Waals surface area contributed by atoms with Crippen LogP contribution in [0.15, 0.2) is 72.9 Å². The van der Waals surface area contributed by atoms with Crippen LogP contribution >= 0.6 is 7.82 Å². The van der Waals surface area contributed by atoms with E-state index in [-0.39, 0.29) is 26.1 Å². The minimum absolute atomic E-state index is 0.0298. The highest BCUT2D eigenvalue weighted by Crippen LogP contribution is 2.38. The van der Waals surface area contributed by atoms with Gasteiger partial charge in [0.05, 0.1) is 27.7 Å². The van der Waals surface area contributed by atoms with Crippen LogP contribution in [0.5, 0.6) is 0 Å². The van der Waals surface area contributed by atoms with Gasteiger partial charge in [-0.3, -0.25) is 14.2 Å². The van der Waals surface area contributed by atoms with Crippen LogP contribution in [0.1, 0.15) is 251 Å². The standard InChI is InChI=1S/C61H110NO8P/c1-6-8-10-12-14-15-16-17-18-19-20-21-22-23-24-25-26-27-28-29-30-31-32-33-34-35-36-37-38-39-40-41-42-43-44-45-46-47-48-50-52-54-61(64)70-59(57-67-60(63)53-51-49-13-11-9-7-2)58-69-71(65,66)68-56-55-62(3,4)5/h8,10,14-15,17-18,20-21,23-24,26-27,59H,6-7,9,11-13,16,19,22,25,28-58H2,1-5H3/b10-8-,15-14-,18-17-,21-20-,24-23-,27-26-. The largest absolute Gasteiger partial charge is 0.756 e. The zero-order valence-corrected chi connectivity index (χ0v) is 47.6. The summed E-state index contributed by atoms with van der Waals surface area (Å²) in [5.41, 5.74) is 0. The van der Waals surface area contributed by atoms with Gasteiger partial charge in [-0.2, -0.15) is 0 Å². The number of phosphoric ester groups is 1. The molecule has 0 N–H and O–H groups in total. The molecule has 0 aliphatic carbocycles. The quantitative estimate of drug-likeness (QED) is 0.0195. The van der Waals surface area contributed by atoms with E-state index in [0.717, 1.165) is 83.5 Å². The van der Waals surface area contributed by atoms with E-state index in [2.05, 4.69) is 86.8 Å². The lowest BCUT2D eigenvalue weighted by molar-refractivity contribution is -0.870. The summed E-state index contributed by atoms with van der Waals surface area (Å²) >= 11 is 0. The summed E-state index contributed by atoms with van der Waals surface area (Å²) in [5.74, 6) is -0.836. The van der Waals surface area contributed by atoms with Gasteiger partial charge in [0, 0.05) is 12.8 Å². The van der Waals surface area contributed by atoms with Crippen LogP contribution in [0.2, 0.25) is 0 Å². The zero-order valence-electron chi connectivity index (χ0n) is 46.7. The number of allylic oxidation sites excluding steroid dienone is 12. The van der Waals surface area contributed by atoms with Crippen molar-refractivity contribution in [1.29, 1.82) is 0 Å². The maximum atomic E-state index is 12.7. The van der Waals surface area contributed by atoms with E-state index in [9.17, 15) is 19.0 Å². The van der Waals surface area contributed by atoms with E-state index in [1.54, 1.807) is 0 Å². The number of likely N-dealkylation sites (N-methyl/N-ethyl adjacent to an activating group) is 1. The Morgan fingerprint density at radius 1 is 0.451 bits per heavy atom. The number of quaternary nitrogens is 1. The van der Waals surface area contributed by atoms with Crippen LogP contribution in [0.4, 0.5) is 0 Å². The molecule has 412 valence electrons. The summed E-state index contributed by atoms with van der Waals surface area (Å²) in [5, 5.41) is 0. The van der Waals surface area contributed by atoms with Crippen molar-refractivity contribution in [3.05, 3.63) is 72.9 Å². The van der Waals surface area contributed by atoms with E-state index in [0.29, 0.717) is 17.4 Å². The summed E-state index contributed by atoms with van der Waals surface area (Å²) in [4.78, 5) is 37.4. The Bertz CT molecular complexity index is 1430. The lowest BCUT2D eigenvalue weighted by Crippen LogP contribution is -2.37. The summed E-state index contributed by atoms with van der Waals surface area (Å²) in [6.45, 7) is 4.06. The Hall–Kier alpha value is -2.55. The van der Waals surface area contributed by atoms with Gasteiger partial charge in [0.1, 0.15) is 19.8 Å². The lowest BCUT2D eigenvalue weighted by atomic mass is 10.0. The first-order chi connectivity index (χ1) is 34.5. The van der Waals surface area contributed by atoms with E-state index >= 15 is 0 Å². The van der Waals surface area contributed by atoms with Gasteiger partial charge in [0.15, 0.2) is 6.10 Å². The second-order valence-corrected chi connectivity index (χ2v) is 22.0. The van der Waals surface area contributed by atoms with Crippen molar-refractivity contribution >= 4 is 19.8 Å². The number of nitrogens with zero attached hydrogens (tertiary/aromatic N) is 1. The molecule has 10 heteroatoms. The van der Waals surface area contributed by atoms with Gasteiger partial charge in [-0.05, 0) is 64.2 Å². The third kappa shape index (κ3) is 56.6. The van der Waals surface area contributed by atoms with Crippen LogP contribution < -0.4 is 4.89 Å². The summed E-state index contributed by atoms with van der Waals surface area (Å²) in [6.07, 6.45) is 68.8. The third-order valence-electron chi connectivity index (χ3n) is 12.5. The average Bonchev–Trinajstić information content (AvgIpc) is 3.33. The highest BCUT2D eigenvalue weighted by Gasteiger charge is 2.22. The van der Waals surface area contributed by atoms with Gasteiger partial charge in [-0.25, -0.2) is 0 Å². The maximum Gasteiger partial charge on any atom is 0.306 e. The van der Waals surface area contributed by atoms with Gasteiger partial charge < -0.3 is 27.9 Å². The molecule has 2 unspecified atom stereocenters. The van der Waals surface area contributed by atoms with Gasteiger partial charge in [0.2, 0.25) is 0 Å². The van der Waals surface area contributed by atoms with Crippen LogP contribution in [0.3, 0.4) is 0 Å². The first-order valence-corrected chi connectivity index (χ1v) is 30.6. The number of hydrogen-bond acceptors (Lipinski definition) is 8. The number of carbonyl (C=O) groups excluding carboxylic acids is 2. The molecule has 71 heavy (non-hydrogen) atoms. The Morgan fingerprint density at radius 2 is 0.803 bits per heavy atom. The Labute approximate surface area is 438 Å². The Balaban J connectivity index is 3.77. The molecule has 2 atom stereocenters. The van der Waals surface area contributed by atoms with Crippen molar-refractivity contribution in [2.45, 2.75) is 258 Å². The Kier molecular flexibility index (Phi) is 50.4. The molecule has 0 aromatic carbocycles. The highest BCUT2D eigenvalue weighted by molar-refractivity contribution is 7.45. The smallest absolute Gasteiger partial charge is 0.306 e. The molecule has 0 rings (SSSR count). The molecule has 0 heterocycles. The molecule has 9 nitrogen and oxygen atoms in total. The molecule has 0 bridgehead atoms. The lowest BCUT2D eigenvalue weighted by Gasteiger charge is -2.28. The molecule has 0 saturated carbocycles. The van der Waals surface area contributed by atoms with Crippen molar-refractivity contribution < 1.29 is 42.1 Å². The van der Waals surface area contributed by atoms with E-state index in [1.165, 1.54) is 135 Å². The molecule has 0 amide bonds. The van der Waals surface area contributed by atoms with Crippen molar-refractivity contribution in [2.75, 3.05) is 47.5 Å². The maximum absolute atomic E-state index is 12.7. The zero-order chi connectivity index (χ0) is 52.0. The normalized spacial score (nSPS) is 13.8. The third-order valence-corrected chi connectivity index (χ3v) is 13.5. The van der Waals surface area contributed by atoms with E-state index in [1.807, 2.05) is 21.1 Å². The van der Waals surface area contributed by atoms with Crippen molar-refractivity contribution in [1.82, 2.24) is 0 Å². The monoisotopic (exact) mass is 1020 g/mol. The number of carbonyl (C=O) groups is 2. The van der Waals surface area contributed by atoms with Gasteiger partial charge >= 0.3 is 11.9 Å². The average molecular weight is 1020 g/mol. The van der Waals surface area contributed by atoms with Crippen LogP contribution in [-0.4, -0.2) is 70.0 Å². The number of unbranched alkanes of at least 4 members (excludes halogenated alkanes) is 27. The number of esters is 2. The van der Waals surface area contributed by atoms with E-state index < -0.39 is 32.5 Å². The van der Waals surface area contributed by atoms with Crippen molar-refractivity contribution in [3.8, 4) is 0 Å². The first kappa shape index (κ1) is 68.5. The predicted octanol–water partition coefficient (Wildman–Crippen LogP) is 17.5. The first-order valence-electron chi connectivity index (χ1n) is 29.1. The molecule has 0 aliphatic rings. The molecule has 0 radical (unpaired) electrons. The predicted molar refractivity (Wildman–Crippen MR) is 300 cm³/mol. The fourth-order valence-electron chi connectivity index (χ4n) is 8.01. The number of ether oxygens (including phenoxy) is 2. The van der Waals surface area contributed by atoms with Crippen LogP contribution in [-0.2, 0) is 32.7 Å². The fourth-order valence-corrected chi connectivity index (χ4v) is 8.74. The molecule has 0 spiro atoms. The second-order valence-electron chi connectivity index (χ2n) is 20.6. The second kappa shape index (κ2) is 52.3. The minimum atomic E-state index is -4.62. The SMILES string of the molecule is CC/C=C\C/C=C\C/C=C\C/C=C\C/C=C\C/C=C\CCCCCCCCCCCCCCCCCCCCCCCCC(=O)OC(COC(=O)CCCCCCCC)COP(=O)([O-])OCC[N+](C)(C)C. The molecular formula is C61H110NO8P. The molecular weight excluding hydrogens is 906 g/mol. The topological polar surface area (TPSA) is 111 Å². The highest BCUT2D eigenvalue weighted by atomic mass is 31.2. The number of hydrogen-bond donors (Lipinski definition) is 0. The van der Waals surface area contributed by atoms with Crippen LogP contribution in [0, 0.1) is 0 Å². The minimum Gasteiger partial charge on any atom is -0.756 e. The Morgan fingerprint density at radius 3 is 1.20 bits per heavy atom. The molecule has 0 aliphatic heterocycles. The molecule has 0 saturated heterocycles. The van der Waals surface area contributed by atoms with Gasteiger partial charge in [-0.1, -0.05) is 247 Å². The van der Waals surface area contributed by atoms with Crippen LogP contribution in [0.25, 0.3) is 0 Å². The molecule has 0 aromatic heterocycles. The number of rotatable bonds is 53. The summed E-state index contributed by atoms with van der Waals surface area (Å²) in [6, 6.07) is 0. The molecule has 0 fully saturated rings. The molecule has 0 aromatic rings. The van der Waals surface area contributed by atoms with Gasteiger partial charge in [0.25, 0.3) is 7.82 Å². The van der Waals surface area contributed by atoms with E-state index in [4.69, 9.17) is 18.5 Å². The summed E-state index contributed by atoms with van der Waals surface area (Å²) in [7, 11) is 1.17. The number of phosphoric acid groups is 1. The fraction of sp³-hybridized carbons (Fsp3) is 0.770. The van der Waals surface area contributed by atoms with Crippen molar-refractivity contribution in [3.63, 3.8) is 0 Å². The van der Waals surface area contributed by atoms with Crippen molar-refractivity contribution in [2.24, 2.45) is 0 Å². The summed E-state index contributed by atoms with van der Waals surface area (Å²) < 4.78 is 33.8. The van der Waals surface area contributed by atoms with Gasteiger partial charge in [-0.15, -0.1) is 0 Å².